The molecule has 0 spiro atoms. The molecule has 14 N–H and O–H groups in total. The molecule has 0 radical (unpaired) electrons. The molecule has 0 aliphatic heterocycles. The van der Waals surface area contributed by atoms with Gasteiger partial charge in [0, 0.05) is 58.3 Å². The minimum Gasteiger partial charge on any atom is -0.358 e. The zero-order chi connectivity index (χ0) is 31.3. The monoisotopic (exact) mass is 602 g/mol. The number of unbranched alkanes of at least 4 members (excludes halogenated alkanes) is 12. The summed E-state index contributed by atoms with van der Waals surface area (Å²) in [4.78, 5) is 39.5. The molecule has 0 aromatic rings. The molecule has 2 atom stereocenters. The van der Waals surface area contributed by atoms with Gasteiger partial charge in [-0.15, -0.1) is 0 Å². The fraction of sp³-hybridized carbons (Fsp3) is 0.906. The Balaban J connectivity index is 4.36. The second-order valence-corrected chi connectivity index (χ2v) is 12.0. The third-order valence-electron chi connectivity index (χ3n) is 8.00. The maximum atomic E-state index is 13.1. The molecule has 0 saturated heterocycles. The van der Waals surface area contributed by atoms with Crippen LogP contribution < -0.4 is 33.6 Å². The first-order chi connectivity index (χ1) is 20.4. The van der Waals surface area contributed by atoms with E-state index in [0.29, 0.717) is 45.4 Å². The van der Waals surface area contributed by atoms with E-state index in [1.54, 1.807) is 0 Å². The number of carbonyl (C=O) groups is 3. The van der Waals surface area contributed by atoms with Crippen molar-refractivity contribution in [3.63, 3.8) is 0 Å². The standard InChI is InChI=1S/C32H67N7O3/c1-2-3-4-5-6-7-8-9-10-11-12-13-14-21-30(40)39(26-17-24-37-31(41)28(35)19-15-22-33)27-18-25-38-32(42)29(36)20-16-23-34/h28-29H,2-27,33-36H2,1H3,(H,37,41)(H,38,42)/p+4/t28-,29-/m0/s1. The molecule has 3 amide bonds. The minimum absolute atomic E-state index is 0.0300. The van der Waals surface area contributed by atoms with Crippen molar-refractivity contribution in [2.24, 2.45) is 0 Å². The van der Waals surface area contributed by atoms with E-state index in [0.717, 1.165) is 51.6 Å². The quantitative estimate of drug-likeness (QED) is 0.0658. The summed E-state index contributed by atoms with van der Waals surface area (Å²) in [5.41, 5.74) is 15.5. The molecule has 0 unspecified atom stereocenters. The van der Waals surface area contributed by atoms with Crippen molar-refractivity contribution in [1.29, 1.82) is 0 Å². The summed E-state index contributed by atoms with van der Waals surface area (Å²) >= 11 is 0. The Kier molecular flexibility index (Phi) is 28.1. The molecule has 0 heterocycles. The molecule has 0 aliphatic rings. The highest BCUT2D eigenvalue weighted by atomic mass is 16.2. The van der Waals surface area contributed by atoms with Crippen molar-refractivity contribution in [3.8, 4) is 0 Å². The average Bonchev–Trinajstić information content (AvgIpc) is 2.99. The van der Waals surface area contributed by atoms with Crippen molar-refractivity contribution >= 4 is 17.7 Å². The van der Waals surface area contributed by atoms with Gasteiger partial charge in [0.15, 0.2) is 12.1 Å². The first kappa shape index (κ1) is 40.2. The Hall–Kier alpha value is -1.75. The number of quaternary nitrogens is 4. The maximum absolute atomic E-state index is 13.1. The van der Waals surface area contributed by atoms with E-state index in [-0.39, 0.29) is 29.8 Å². The number of nitrogens with one attached hydrogen (secondary N) is 2. The Bertz CT molecular complexity index is 632. The third kappa shape index (κ3) is 23.8. The highest BCUT2D eigenvalue weighted by Crippen LogP contribution is 2.13. The zero-order valence-corrected chi connectivity index (χ0v) is 27.5. The third-order valence-corrected chi connectivity index (χ3v) is 8.00. The lowest BCUT2D eigenvalue weighted by atomic mass is 10.0. The molecule has 248 valence electrons. The van der Waals surface area contributed by atoms with Gasteiger partial charge < -0.3 is 38.5 Å². The highest BCUT2D eigenvalue weighted by Gasteiger charge is 2.18. The van der Waals surface area contributed by atoms with Crippen LogP contribution in [0.4, 0.5) is 0 Å². The molecular formula is C32H71N7O3+4. The average molecular weight is 602 g/mol. The van der Waals surface area contributed by atoms with Gasteiger partial charge >= 0.3 is 0 Å². The molecule has 10 heteroatoms. The van der Waals surface area contributed by atoms with Crippen LogP contribution in [0.2, 0.25) is 0 Å². The molecule has 0 aromatic heterocycles. The topological polar surface area (TPSA) is 189 Å². The summed E-state index contributed by atoms with van der Waals surface area (Å²) in [7, 11) is 0. The largest absolute Gasteiger partial charge is 0.358 e. The normalized spacial score (nSPS) is 12.6. The molecule has 0 aromatic carbocycles. The first-order valence-corrected chi connectivity index (χ1v) is 17.4. The van der Waals surface area contributed by atoms with Crippen LogP contribution in [0, 0.1) is 0 Å². The predicted octanol–water partition coefficient (Wildman–Crippen LogP) is 0.574. The zero-order valence-electron chi connectivity index (χ0n) is 27.5. The van der Waals surface area contributed by atoms with Crippen LogP contribution >= 0.6 is 0 Å². The molecule has 42 heavy (non-hydrogen) atoms. The SMILES string of the molecule is CCCCCCCCCCCCCCCC(=O)N(CCCNC(=O)[C@@H]([NH3+])CCC[NH3+])CCCNC(=O)[C@@H]([NH3+])CCC[NH3+]. The number of carbonyl (C=O) groups excluding carboxylic acids is 3. The number of amides is 3. The lowest BCUT2D eigenvalue weighted by Gasteiger charge is -2.23. The van der Waals surface area contributed by atoms with E-state index >= 15 is 0 Å². The van der Waals surface area contributed by atoms with Gasteiger partial charge in [-0.2, -0.15) is 0 Å². The van der Waals surface area contributed by atoms with Crippen molar-refractivity contribution < 1.29 is 37.3 Å². The Morgan fingerprint density at radius 2 is 0.952 bits per heavy atom. The van der Waals surface area contributed by atoms with Crippen LogP contribution in [0.5, 0.6) is 0 Å². The van der Waals surface area contributed by atoms with Crippen LogP contribution in [-0.2, 0) is 14.4 Å². The second kappa shape index (κ2) is 29.3. The summed E-state index contributed by atoms with van der Waals surface area (Å²) in [6.07, 6.45) is 22.0. The van der Waals surface area contributed by atoms with Gasteiger partial charge in [0.2, 0.25) is 5.91 Å². The van der Waals surface area contributed by atoms with E-state index in [9.17, 15) is 14.4 Å². The molecule has 0 bridgehead atoms. The number of rotatable bonds is 30. The maximum Gasteiger partial charge on any atom is 0.278 e. The van der Waals surface area contributed by atoms with Crippen LogP contribution in [0.1, 0.15) is 135 Å². The van der Waals surface area contributed by atoms with Gasteiger partial charge in [-0.3, -0.25) is 14.4 Å². The Morgan fingerprint density at radius 1 is 0.571 bits per heavy atom. The Morgan fingerprint density at radius 3 is 1.33 bits per heavy atom. The van der Waals surface area contributed by atoms with Gasteiger partial charge in [0.25, 0.3) is 11.8 Å². The van der Waals surface area contributed by atoms with Gasteiger partial charge in [-0.25, -0.2) is 0 Å². The summed E-state index contributed by atoms with van der Waals surface area (Å²) in [5.74, 6) is 0.113. The van der Waals surface area contributed by atoms with E-state index < -0.39 is 0 Å². The minimum atomic E-state index is -0.255. The van der Waals surface area contributed by atoms with Crippen molar-refractivity contribution in [2.45, 2.75) is 147 Å². The number of hydrogen-bond donors (Lipinski definition) is 6. The molecule has 0 saturated carbocycles. The van der Waals surface area contributed by atoms with Gasteiger partial charge in [-0.05, 0) is 19.3 Å². The van der Waals surface area contributed by atoms with E-state index in [2.05, 4.69) is 40.5 Å². The summed E-state index contributed by atoms with van der Waals surface area (Å²) < 4.78 is 0. The summed E-state index contributed by atoms with van der Waals surface area (Å²) in [5, 5.41) is 5.93. The van der Waals surface area contributed by atoms with E-state index in [4.69, 9.17) is 0 Å². The Labute approximate surface area is 257 Å². The number of hydrogen-bond acceptors (Lipinski definition) is 3. The highest BCUT2D eigenvalue weighted by molar-refractivity contribution is 5.80. The number of nitrogens with zero attached hydrogens (tertiary/aromatic N) is 1. The fourth-order valence-electron chi connectivity index (χ4n) is 5.11. The van der Waals surface area contributed by atoms with Gasteiger partial charge in [0.1, 0.15) is 0 Å². The van der Waals surface area contributed by atoms with Gasteiger partial charge in [-0.1, -0.05) is 84.0 Å². The predicted molar refractivity (Wildman–Crippen MR) is 169 cm³/mol. The van der Waals surface area contributed by atoms with Crippen molar-refractivity contribution in [1.82, 2.24) is 15.5 Å². The molecule has 0 fully saturated rings. The van der Waals surface area contributed by atoms with E-state index in [1.165, 1.54) is 70.6 Å². The summed E-state index contributed by atoms with van der Waals surface area (Å²) in [6, 6.07) is -0.511. The lowest BCUT2D eigenvalue weighted by Crippen LogP contribution is -2.68. The molecule has 0 aliphatic carbocycles. The second-order valence-electron chi connectivity index (χ2n) is 12.0. The smallest absolute Gasteiger partial charge is 0.278 e. The van der Waals surface area contributed by atoms with E-state index in [1.807, 2.05) is 4.90 Å². The lowest BCUT2D eigenvalue weighted by molar-refractivity contribution is -0.411. The molecule has 10 nitrogen and oxygen atoms in total. The van der Waals surface area contributed by atoms with Crippen LogP contribution in [0.15, 0.2) is 0 Å². The van der Waals surface area contributed by atoms with Crippen LogP contribution in [0.25, 0.3) is 0 Å². The molecule has 0 rings (SSSR count). The summed E-state index contributed by atoms with van der Waals surface area (Å²) in [6.45, 7) is 6.15. The van der Waals surface area contributed by atoms with Crippen LogP contribution in [0.3, 0.4) is 0 Å². The van der Waals surface area contributed by atoms with Crippen molar-refractivity contribution in [3.05, 3.63) is 0 Å². The van der Waals surface area contributed by atoms with Crippen molar-refractivity contribution in [2.75, 3.05) is 39.3 Å². The fourth-order valence-corrected chi connectivity index (χ4v) is 5.11. The van der Waals surface area contributed by atoms with Crippen LogP contribution in [-0.4, -0.2) is 74.0 Å². The molecular weight excluding hydrogens is 530 g/mol. The van der Waals surface area contributed by atoms with Gasteiger partial charge in [0.05, 0.1) is 13.1 Å². The first-order valence-electron chi connectivity index (χ1n) is 17.4.